The zero-order valence-electron chi connectivity index (χ0n) is 12.1. The summed E-state index contributed by atoms with van der Waals surface area (Å²) in [6, 6.07) is 10.9. The molecule has 0 fully saturated rings. The third-order valence-electron chi connectivity index (χ3n) is 3.76. The van der Waals surface area contributed by atoms with E-state index in [0.29, 0.717) is 27.5 Å². The predicted octanol–water partition coefficient (Wildman–Crippen LogP) is 3.15. The summed E-state index contributed by atoms with van der Waals surface area (Å²) in [5, 5.41) is 4.78. The van der Waals surface area contributed by atoms with E-state index >= 15 is 0 Å². The van der Waals surface area contributed by atoms with E-state index in [1.807, 2.05) is 0 Å². The molecule has 0 radical (unpaired) electrons. The van der Waals surface area contributed by atoms with Crippen LogP contribution in [0.25, 0.3) is 0 Å². The largest absolute Gasteiger partial charge is 0.328 e. The fourth-order valence-corrected chi connectivity index (χ4v) is 2.79. The Balaban J connectivity index is 2.24. The van der Waals surface area contributed by atoms with E-state index in [4.69, 9.17) is 17.3 Å². The lowest BCUT2D eigenvalue weighted by atomic mass is 10.00. The molecule has 23 heavy (non-hydrogen) atoms. The van der Waals surface area contributed by atoms with Crippen molar-refractivity contribution in [1.82, 2.24) is 0 Å². The maximum Gasteiger partial charge on any atom is 0.132 e. The van der Waals surface area contributed by atoms with Crippen LogP contribution in [0.5, 0.6) is 0 Å². The fourth-order valence-electron chi connectivity index (χ4n) is 2.62. The Labute approximate surface area is 137 Å². The summed E-state index contributed by atoms with van der Waals surface area (Å²) in [5.74, 6) is -0.385. The molecule has 3 rings (SSSR count). The molecule has 2 N–H and O–H groups in total. The minimum absolute atomic E-state index is 0.186. The van der Waals surface area contributed by atoms with Gasteiger partial charge in [-0.3, -0.25) is 4.99 Å². The van der Waals surface area contributed by atoms with Gasteiger partial charge in [0.25, 0.3) is 0 Å². The summed E-state index contributed by atoms with van der Waals surface area (Å²) in [4.78, 5) is 15.8. The molecule has 1 aliphatic heterocycles. The molecule has 118 valence electrons. The molecule has 0 amide bonds. The number of nitroso groups, excluding NO2 is 1. The van der Waals surface area contributed by atoms with Crippen LogP contribution >= 0.6 is 11.6 Å². The number of benzodiazepines with no additional fused rings is 1. The lowest BCUT2D eigenvalue weighted by molar-refractivity contribution is 0.621. The molecule has 0 saturated carbocycles. The summed E-state index contributed by atoms with van der Waals surface area (Å²) in [6.07, 6.45) is 0. The summed E-state index contributed by atoms with van der Waals surface area (Å²) in [6.45, 7) is 0.421. The van der Waals surface area contributed by atoms with E-state index in [-0.39, 0.29) is 18.9 Å². The number of nitrogens with zero attached hydrogens (tertiary/aromatic N) is 3. The maximum absolute atomic E-state index is 14.2. The Kier molecular flexibility index (Phi) is 4.36. The van der Waals surface area contributed by atoms with Gasteiger partial charge in [0.2, 0.25) is 0 Å². The summed E-state index contributed by atoms with van der Waals surface area (Å²) >= 11 is 6.05. The van der Waals surface area contributed by atoms with Crippen LogP contribution in [0.2, 0.25) is 5.02 Å². The monoisotopic (exact) mass is 332 g/mol. The van der Waals surface area contributed by atoms with Crippen molar-refractivity contribution in [3.05, 3.63) is 69.3 Å². The number of rotatable bonds is 3. The van der Waals surface area contributed by atoms with Gasteiger partial charge in [-0.2, -0.15) is 0 Å². The van der Waals surface area contributed by atoms with Crippen molar-refractivity contribution < 1.29 is 4.39 Å². The Morgan fingerprint density at radius 1 is 1.30 bits per heavy atom. The first-order valence-electron chi connectivity index (χ1n) is 7.07. The van der Waals surface area contributed by atoms with E-state index in [2.05, 4.69) is 10.3 Å². The van der Waals surface area contributed by atoms with Crippen molar-refractivity contribution in [3.63, 3.8) is 0 Å². The van der Waals surface area contributed by atoms with Gasteiger partial charge in [-0.1, -0.05) is 23.7 Å². The zero-order valence-corrected chi connectivity index (χ0v) is 12.9. The van der Waals surface area contributed by atoms with Gasteiger partial charge >= 0.3 is 0 Å². The molecular formula is C16H14ClFN4O. The Morgan fingerprint density at radius 3 is 2.78 bits per heavy atom. The number of benzene rings is 2. The topological polar surface area (TPSA) is 71.0 Å². The van der Waals surface area contributed by atoms with Gasteiger partial charge in [0.15, 0.2) is 0 Å². The van der Waals surface area contributed by atoms with Gasteiger partial charge in [0, 0.05) is 22.7 Å². The Hall–Kier alpha value is -2.31. The first-order chi connectivity index (χ1) is 11.2. The van der Waals surface area contributed by atoms with Crippen molar-refractivity contribution in [2.24, 2.45) is 16.0 Å². The van der Waals surface area contributed by atoms with Gasteiger partial charge in [0.05, 0.1) is 29.3 Å². The molecule has 1 unspecified atom stereocenters. The average molecular weight is 333 g/mol. The quantitative estimate of drug-likeness (QED) is 0.878. The highest BCUT2D eigenvalue weighted by molar-refractivity contribution is 6.31. The zero-order chi connectivity index (χ0) is 16.4. The normalized spacial score (nSPS) is 17.3. The third kappa shape index (κ3) is 2.83. The van der Waals surface area contributed by atoms with Gasteiger partial charge in [-0.25, -0.2) is 9.40 Å². The summed E-state index contributed by atoms with van der Waals surface area (Å²) in [5.41, 5.74) is 7.62. The molecule has 0 saturated heterocycles. The van der Waals surface area contributed by atoms with E-state index < -0.39 is 6.04 Å². The number of hydrogen-bond acceptors (Lipinski definition) is 4. The predicted molar refractivity (Wildman–Crippen MR) is 89.5 cm³/mol. The molecule has 2 aromatic carbocycles. The van der Waals surface area contributed by atoms with Crippen molar-refractivity contribution in [1.29, 1.82) is 0 Å². The fraction of sp³-hybridized carbons (Fsp3) is 0.188. The number of hydrogen-bond donors (Lipinski definition) is 1. The lowest BCUT2D eigenvalue weighted by Gasteiger charge is -2.23. The Bertz CT molecular complexity index is 780. The minimum Gasteiger partial charge on any atom is -0.328 e. The number of halogens is 2. The second kappa shape index (κ2) is 6.44. The van der Waals surface area contributed by atoms with Crippen LogP contribution in [0, 0.1) is 10.7 Å². The standard InChI is InChI=1S/C16H14ClFN4O/c17-10-5-6-13-15(7-10)22(21-23)11(8-19)9-20-16(13)12-3-1-2-4-14(12)18/h1-7,11H,8-9,19H2. The third-order valence-corrected chi connectivity index (χ3v) is 3.99. The molecular weight excluding hydrogens is 319 g/mol. The van der Waals surface area contributed by atoms with Crippen molar-refractivity contribution >= 4 is 23.0 Å². The number of fused-ring (bicyclic) bond motifs is 1. The molecule has 7 heteroatoms. The van der Waals surface area contributed by atoms with E-state index in [0.717, 1.165) is 0 Å². The first kappa shape index (κ1) is 15.6. The van der Waals surface area contributed by atoms with Gasteiger partial charge in [-0.15, -0.1) is 4.91 Å². The molecule has 1 heterocycles. The van der Waals surface area contributed by atoms with Crippen LogP contribution < -0.4 is 10.7 Å². The van der Waals surface area contributed by atoms with Gasteiger partial charge in [0.1, 0.15) is 5.82 Å². The highest BCUT2D eigenvalue weighted by atomic mass is 35.5. The van der Waals surface area contributed by atoms with Gasteiger partial charge in [-0.05, 0) is 30.3 Å². The highest BCUT2D eigenvalue weighted by Crippen LogP contribution is 2.32. The van der Waals surface area contributed by atoms with Crippen LogP contribution in [0.1, 0.15) is 11.1 Å². The molecule has 1 aliphatic rings. The lowest BCUT2D eigenvalue weighted by Crippen LogP contribution is -2.39. The molecule has 0 aliphatic carbocycles. The Morgan fingerprint density at radius 2 is 2.09 bits per heavy atom. The molecule has 0 spiro atoms. The molecule has 0 bridgehead atoms. The molecule has 5 nitrogen and oxygen atoms in total. The van der Waals surface area contributed by atoms with E-state index in [1.165, 1.54) is 11.1 Å². The number of anilines is 1. The van der Waals surface area contributed by atoms with E-state index in [9.17, 15) is 9.30 Å². The van der Waals surface area contributed by atoms with Crippen LogP contribution in [0.3, 0.4) is 0 Å². The highest BCUT2D eigenvalue weighted by Gasteiger charge is 2.28. The summed E-state index contributed by atoms with van der Waals surface area (Å²) < 4.78 is 14.2. The summed E-state index contributed by atoms with van der Waals surface area (Å²) in [7, 11) is 0. The van der Waals surface area contributed by atoms with Gasteiger partial charge < -0.3 is 5.73 Å². The van der Waals surface area contributed by atoms with Crippen LogP contribution in [-0.2, 0) is 0 Å². The second-order valence-corrected chi connectivity index (χ2v) is 5.58. The number of aliphatic imine (C=N–C) groups is 1. The van der Waals surface area contributed by atoms with Crippen LogP contribution in [0.4, 0.5) is 10.1 Å². The SMILES string of the molecule is NCC1CN=C(c2ccccc2F)c2ccc(Cl)cc2N1N=O. The smallest absolute Gasteiger partial charge is 0.132 e. The maximum atomic E-state index is 14.2. The van der Waals surface area contributed by atoms with E-state index in [1.54, 1.807) is 36.4 Å². The first-order valence-corrected chi connectivity index (χ1v) is 7.45. The van der Waals surface area contributed by atoms with Crippen LogP contribution in [-0.4, -0.2) is 24.8 Å². The van der Waals surface area contributed by atoms with Crippen LogP contribution in [0.15, 0.2) is 52.7 Å². The van der Waals surface area contributed by atoms with Crippen molar-refractivity contribution in [3.8, 4) is 0 Å². The molecule has 1 atom stereocenters. The minimum atomic E-state index is -0.408. The second-order valence-electron chi connectivity index (χ2n) is 5.15. The van der Waals surface area contributed by atoms with Crippen molar-refractivity contribution in [2.75, 3.05) is 18.1 Å². The average Bonchev–Trinajstić information content (AvgIpc) is 2.71. The molecule has 0 aromatic heterocycles. The molecule has 2 aromatic rings. The van der Waals surface area contributed by atoms with Crippen molar-refractivity contribution in [2.45, 2.75) is 6.04 Å². The number of nitrogens with two attached hydrogens (primary N) is 1.